The molecule has 0 unspecified atom stereocenters. The lowest BCUT2D eigenvalue weighted by Crippen LogP contribution is -2.47. The van der Waals surface area contributed by atoms with Gasteiger partial charge in [-0.05, 0) is 55.4 Å². The van der Waals surface area contributed by atoms with Gasteiger partial charge in [0.25, 0.3) is 0 Å². The molecule has 178 valence electrons. The zero-order chi connectivity index (χ0) is 23.6. The Morgan fingerprint density at radius 1 is 0.939 bits per heavy atom. The molecule has 4 rings (SSSR count). The van der Waals surface area contributed by atoms with Gasteiger partial charge in [0.1, 0.15) is 0 Å². The summed E-state index contributed by atoms with van der Waals surface area (Å²) in [5.74, 6) is 0.535. The molecule has 2 aromatic rings. The lowest BCUT2D eigenvalue weighted by Gasteiger charge is -2.36. The van der Waals surface area contributed by atoms with Crippen LogP contribution in [0.3, 0.4) is 0 Å². The summed E-state index contributed by atoms with van der Waals surface area (Å²) in [7, 11) is -3.50. The number of hydrogen-bond acceptors (Lipinski definition) is 3. The van der Waals surface area contributed by atoms with E-state index < -0.39 is 10.0 Å². The van der Waals surface area contributed by atoms with E-state index in [1.54, 1.807) is 16.4 Å². The number of carbonyl (C=O) groups excluding carboxylic acids is 1. The van der Waals surface area contributed by atoms with Crippen LogP contribution in [0.1, 0.15) is 43.4 Å². The first kappa shape index (κ1) is 23.8. The van der Waals surface area contributed by atoms with Crippen molar-refractivity contribution in [2.75, 3.05) is 26.2 Å². The van der Waals surface area contributed by atoms with Crippen LogP contribution in [-0.2, 0) is 23.0 Å². The molecule has 2 aliphatic rings. The Bertz CT molecular complexity index is 1070. The summed E-state index contributed by atoms with van der Waals surface area (Å²) in [6, 6.07) is 15.7. The summed E-state index contributed by atoms with van der Waals surface area (Å²) in [4.78, 5) is 17.2. The third-order valence-corrected chi connectivity index (χ3v) is 8.57. The highest BCUT2D eigenvalue weighted by molar-refractivity contribution is 7.89. The van der Waals surface area contributed by atoms with Gasteiger partial charge in [0, 0.05) is 38.8 Å². The molecule has 0 saturated carbocycles. The molecule has 2 aliphatic heterocycles. The summed E-state index contributed by atoms with van der Waals surface area (Å²) >= 11 is 0. The van der Waals surface area contributed by atoms with Crippen molar-refractivity contribution in [3.63, 3.8) is 0 Å². The third kappa shape index (κ3) is 5.41. The number of aryl methyl sites for hydroxylation is 1. The molecular formula is C26H35N3O3S. The Hall–Kier alpha value is -2.38. The molecule has 2 amide bonds. The Kier molecular flexibility index (Phi) is 7.10. The minimum atomic E-state index is -3.50. The Labute approximate surface area is 198 Å². The van der Waals surface area contributed by atoms with E-state index in [4.69, 9.17) is 0 Å². The average Bonchev–Trinajstić information content (AvgIpc) is 3.14. The number of urea groups is 1. The molecule has 0 aromatic heterocycles. The number of hydrogen-bond donors (Lipinski definition) is 0. The molecule has 2 aromatic carbocycles. The number of rotatable bonds is 7. The summed E-state index contributed by atoms with van der Waals surface area (Å²) in [6.45, 7) is 9.31. The van der Waals surface area contributed by atoms with Crippen LogP contribution in [-0.4, -0.2) is 60.8 Å². The molecule has 0 bridgehead atoms. The average molecular weight is 470 g/mol. The molecule has 0 N–H and O–H groups in total. The molecule has 6 nitrogen and oxygen atoms in total. The second kappa shape index (κ2) is 9.85. The van der Waals surface area contributed by atoms with E-state index in [1.807, 2.05) is 28.0 Å². The molecule has 0 spiro atoms. The fraction of sp³-hybridized carbons (Fsp3) is 0.500. The lowest BCUT2D eigenvalue weighted by atomic mass is 10.0. The van der Waals surface area contributed by atoms with Crippen molar-refractivity contribution < 1.29 is 13.2 Å². The molecule has 0 atom stereocenters. The minimum absolute atomic E-state index is 0.0681. The van der Waals surface area contributed by atoms with E-state index in [9.17, 15) is 13.2 Å². The van der Waals surface area contributed by atoms with Gasteiger partial charge in [-0.1, -0.05) is 55.8 Å². The van der Waals surface area contributed by atoms with E-state index in [0.717, 1.165) is 17.5 Å². The topological polar surface area (TPSA) is 60.9 Å². The van der Waals surface area contributed by atoms with Gasteiger partial charge in [0.05, 0.1) is 4.90 Å². The molecule has 2 fully saturated rings. The number of piperidine rings is 1. The van der Waals surface area contributed by atoms with Crippen LogP contribution in [0.25, 0.3) is 0 Å². The second-order valence-electron chi connectivity index (χ2n) is 9.76. The fourth-order valence-electron chi connectivity index (χ4n) is 4.93. The predicted octanol–water partition coefficient (Wildman–Crippen LogP) is 4.28. The second-order valence-corrected chi connectivity index (χ2v) is 11.7. The van der Waals surface area contributed by atoms with Crippen molar-refractivity contribution in [3.05, 3.63) is 65.2 Å². The van der Waals surface area contributed by atoms with Crippen LogP contribution in [0.5, 0.6) is 0 Å². The maximum Gasteiger partial charge on any atom is 0.320 e. The lowest BCUT2D eigenvalue weighted by molar-refractivity contribution is 0.153. The van der Waals surface area contributed by atoms with Crippen molar-refractivity contribution in [1.82, 2.24) is 14.1 Å². The largest absolute Gasteiger partial charge is 0.320 e. The minimum Gasteiger partial charge on any atom is -0.320 e. The van der Waals surface area contributed by atoms with E-state index in [1.165, 1.54) is 5.56 Å². The first-order chi connectivity index (χ1) is 15.7. The highest BCUT2D eigenvalue weighted by Crippen LogP contribution is 2.26. The fourth-order valence-corrected chi connectivity index (χ4v) is 6.40. The summed E-state index contributed by atoms with van der Waals surface area (Å²) in [5.41, 5.74) is 3.50. The smallest absolute Gasteiger partial charge is 0.320 e. The van der Waals surface area contributed by atoms with E-state index in [-0.39, 0.29) is 12.1 Å². The van der Waals surface area contributed by atoms with E-state index in [0.29, 0.717) is 56.4 Å². The maximum absolute atomic E-state index is 13.1. The monoisotopic (exact) mass is 469 g/mol. The van der Waals surface area contributed by atoms with Crippen LogP contribution in [0.2, 0.25) is 0 Å². The molecule has 0 radical (unpaired) electrons. The van der Waals surface area contributed by atoms with Gasteiger partial charge in [-0.15, -0.1) is 0 Å². The Balaban J connectivity index is 1.34. The van der Waals surface area contributed by atoms with Crippen LogP contribution in [0.4, 0.5) is 4.79 Å². The van der Waals surface area contributed by atoms with Crippen LogP contribution in [0, 0.1) is 12.8 Å². The van der Waals surface area contributed by atoms with Gasteiger partial charge in [0.15, 0.2) is 0 Å². The predicted molar refractivity (Wildman–Crippen MR) is 130 cm³/mol. The maximum atomic E-state index is 13.1. The summed E-state index contributed by atoms with van der Waals surface area (Å²) in [5, 5.41) is 0. The van der Waals surface area contributed by atoms with Crippen LogP contribution < -0.4 is 0 Å². The molecule has 2 saturated heterocycles. The number of benzene rings is 2. The zero-order valence-corrected chi connectivity index (χ0v) is 20.7. The molecular weight excluding hydrogens is 434 g/mol. The standard InChI is InChI=1S/C26H35N3O3S/c1-20(2)17-22-7-9-25(10-8-22)33(31,32)28-13-11-24(12-14-28)29-16-15-27(26(29)30)19-23-6-4-5-21(3)18-23/h4-10,18,20,24H,11-17,19H2,1-3H3. The number of nitrogens with zero attached hydrogens (tertiary/aromatic N) is 3. The quantitative estimate of drug-likeness (QED) is 0.608. The molecule has 33 heavy (non-hydrogen) atoms. The normalized spacial score (nSPS) is 18.5. The van der Waals surface area contributed by atoms with Crippen molar-refractivity contribution in [2.45, 2.75) is 57.5 Å². The SMILES string of the molecule is Cc1cccc(CN2CCN(C3CCN(S(=O)(=O)c4ccc(CC(C)C)cc4)CC3)C2=O)c1. The van der Waals surface area contributed by atoms with Gasteiger partial charge in [-0.25, -0.2) is 13.2 Å². The van der Waals surface area contributed by atoms with Crippen molar-refractivity contribution in [1.29, 1.82) is 0 Å². The first-order valence-electron chi connectivity index (χ1n) is 11.9. The Morgan fingerprint density at radius 2 is 1.64 bits per heavy atom. The van der Waals surface area contributed by atoms with Gasteiger partial charge in [-0.3, -0.25) is 0 Å². The number of amides is 2. The first-order valence-corrected chi connectivity index (χ1v) is 13.4. The van der Waals surface area contributed by atoms with Crippen LogP contribution >= 0.6 is 0 Å². The highest BCUT2D eigenvalue weighted by atomic mass is 32.2. The van der Waals surface area contributed by atoms with Gasteiger partial charge < -0.3 is 9.80 Å². The van der Waals surface area contributed by atoms with E-state index in [2.05, 4.69) is 39.0 Å². The van der Waals surface area contributed by atoms with Gasteiger partial charge >= 0.3 is 6.03 Å². The zero-order valence-electron chi connectivity index (χ0n) is 19.9. The van der Waals surface area contributed by atoms with Gasteiger partial charge in [-0.2, -0.15) is 4.31 Å². The van der Waals surface area contributed by atoms with E-state index >= 15 is 0 Å². The van der Waals surface area contributed by atoms with Crippen molar-refractivity contribution >= 4 is 16.1 Å². The van der Waals surface area contributed by atoms with Crippen LogP contribution in [0.15, 0.2) is 53.4 Å². The summed E-state index contributed by atoms with van der Waals surface area (Å²) < 4.78 is 27.8. The molecule has 2 heterocycles. The van der Waals surface area contributed by atoms with Crippen molar-refractivity contribution in [2.24, 2.45) is 5.92 Å². The third-order valence-electron chi connectivity index (χ3n) is 6.65. The Morgan fingerprint density at radius 3 is 2.27 bits per heavy atom. The highest BCUT2D eigenvalue weighted by Gasteiger charge is 2.37. The molecule has 7 heteroatoms. The van der Waals surface area contributed by atoms with Crippen molar-refractivity contribution in [3.8, 4) is 0 Å². The van der Waals surface area contributed by atoms with Gasteiger partial charge in [0.2, 0.25) is 10.0 Å². The number of carbonyl (C=O) groups is 1. The summed E-state index contributed by atoms with van der Waals surface area (Å²) in [6.07, 6.45) is 2.29. The molecule has 0 aliphatic carbocycles. The number of sulfonamides is 1.